The molecule has 0 spiro atoms. The fourth-order valence-corrected chi connectivity index (χ4v) is 2.50. The molecule has 0 aromatic heterocycles. The van der Waals surface area contributed by atoms with Crippen molar-refractivity contribution in [3.63, 3.8) is 0 Å². The quantitative estimate of drug-likeness (QED) is 0.436. The van der Waals surface area contributed by atoms with Gasteiger partial charge in [-0.1, -0.05) is 48.0 Å². The Hall–Kier alpha value is -1.63. The summed E-state index contributed by atoms with van der Waals surface area (Å²) in [5.74, 6) is -1.29. The summed E-state index contributed by atoms with van der Waals surface area (Å²) in [7, 11) is 0. The SMILES string of the molecule is CC[C@H](C)[C@H](NC(=O)[C@@H](CNC(=O)[C@@H](N)C(C)C)CC(C)C)C(N)=O. The lowest BCUT2D eigenvalue weighted by Gasteiger charge is -2.26. The smallest absolute Gasteiger partial charge is 0.240 e. The van der Waals surface area contributed by atoms with Gasteiger partial charge in [-0.15, -0.1) is 0 Å². The molecule has 7 nitrogen and oxygen atoms in total. The van der Waals surface area contributed by atoms with Crippen molar-refractivity contribution < 1.29 is 14.4 Å². The number of primary amides is 1. The van der Waals surface area contributed by atoms with Gasteiger partial charge >= 0.3 is 0 Å². The van der Waals surface area contributed by atoms with Crippen molar-refractivity contribution in [2.75, 3.05) is 6.54 Å². The van der Waals surface area contributed by atoms with Gasteiger partial charge in [0.1, 0.15) is 6.04 Å². The van der Waals surface area contributed by atoms with Crippen LogP contribution in [0.15, 0.2) is 0 Å². The van der Waals surface area contributed by atoms with Crippen LogP contribution in [0.1, 0.15) is 54.4 Å². The molecule has 0 heterocycles. The molecule has 4 atom stereocenters. The van der Waals surface area contributed by atoms with E-state index in [2.05, 4.69) is 10.6 Å². The molecule has 0 radical (unpaired) electrons. The number of hydrogen-bond acceptors (Lipinski definition) is 4. The fraction of sp³-hybridized carbons (Fsp3) is 0.833. The number of carbonyl (C=O) groups is 3. The molecule has 0 bridgehead atoms. The van der Waals surface area contributed by atoms with Gasteiger partial charge in [0.2, 0.25) is 17.7 Å². The Labute approximate surface area is 151 Å². The average molecular weight is 357 g/mol. The first-order valence-electron chi connectivity index (χ1n) is 9.14. The summed E-state index contributed by atoms with van der Waals surface area (Å²) in [5.41, 5.74) is 11.2. The highest BCUT2D eigenvalue weighted by molar-refractivity contribution is 5.88. The van der Waals surface area contributed by atoms with E-state index in [9.17, 15) is 14.4 Å². The van der Waals surface area contributed by atoms with Gasteiger partial charge in [-0.25, -0.2) is 0 Å². The lowest BCUT2D eigenvalue weighted by molar-refractivity contribution is -0.131. The van der Waals surface area contributed by atoms with Crippen LogP contribution in [0.25, 0.3) is 0 Å². The third kappa shape index (κ3) is 8.34. The predicted molar refractivity (Wildman–Crippen MR) is 99.3 cm³/mol. The molecule has 0 aromatic carbocycles. The second kappa shape index (κ2) is 11.1. The van der Waals surface area contributed by atoms with Crippen LogP contribution in [0.3, 0.4) is 0 Å². The van der Waals surface area contributed by atoms with E-state index in [0.29, 0.717) is 6.42 Å². The van der Waals surface area contributed by atoms with Crippen molar-refractivity contribution in [2.45, 2.75) is 66.5 Å². The standard InChI is InChI=1S/C18H36N4O3/c1-7-12(6)15(16(20)23)22-17(24)13(8-10(2)3)9-21-18(25)14(19)11(4)5/h10-15H,7-9,19H2,1-6H3,(H2,20,23)(H,21,25)(H,22,24)/t12-,13+,14-,15-/m0/s1. The van der Waals surface area contributed by atoms with Gasteiger partial charge < -0.3 is 22.1 Å². The zero-order valence-corrected chi connectivity index (χ0v) is 16.5. The Morgan fingerprint density at radius 3 is 1.96 bits per heavy atom. The summed E-state index contributed by atoms with van der Waals surface area (Å²) in [4.78, 5) is 36.3. The van der Waals surface area contributed by atoms with Crippen LogP contribution in [-0.4, -0.2) is 36.3 Å². The van der Waals surface area contributed by atoms with Crippen molar-refractivity contribution >= 4 is 17.7 Å². The van der Waals surface area contributed by atoms with Gasteiger partial charge in [0.05, 0.1) is 12.0 Å². The van der Waals surface area contributed by atoms with E-state index in [0.717, 1.165) is 6.42 Å². The Morgan fingerprint density at radius 2 is 1.56 bits per heavy atom. The van der Waals surface area contributed by atoms with Crippen LogP contribution in [0.4, 0.5) is 0 Å². The van der Waals surface area contributed by atoms with Crippen LogP contribution in [0.2, 0.25) is 0 Å². The molecule has 0 rings (SSSR count). The van der Waals surface area contributed by atoms with E-state index in [1.807, 2.05) is 41.5 Å². The number of rotatable bonds is 11. The van der Waals surface area contributed by atoms with Gasteiger partial charge in [-0.3, -0.25) is 14.4 Å². The number of nitrogens with two attached hydrogens (primary N) is 2. The summed E-state index contributed by atoms with van der Waals surface area (Å²) in [6.07, 6.45) is 1.32. The molecule has 0 aliphatic heterocycles. The van der Waals surface area contributed by atoms with E-state index in [1.54, 1.807) is 0 Å². The lowest BCUT2D eigenvalue weighted by Crippen LogP contribution is -2.52. The molecule has 0 saturated carbocycles. The summed E-state index contributed by atoms with van der Waals surface area (Å²) in [5, 5.41) is 5.51. The topological polar surface area (TPSA) is 127 Å². The maximum absolute atomic E-state index is 12.6. The second-order valence-electron chi connectivity index (χ2n) is 7.62. The number of carbonyl (C=O) groups excluding carboxylic acids is 3. The monoisotopic (exact) mass is 356 g/mol. The van der Waals surface area contributed by atoms with Crippen molar-refractivity contribution in [2.24, 2.45) is 35.1 Å². The molecule has 25 heavy (non-hydrogen) atoms. The molecule has 0 saturated heterocycles. The molecule has 7 heteroatoms. The minimum absolute atomic E-state index is 0.0158. The summed E-state index contributed by atoms with van der Waals surface area (Å²) >= 11 is 0. The number of hydrogen-bond donors (Lipinski definition) is 4. The third-order valence-electron chi connectivity index (χ3n) is 4.49. The van der Waals surface area contributed by atoms with Crippen LogP contribution in [0.5, 0.6) is 0 Å². The largest absolute Gasteiger partial charge is 0.368 e. The Morgan fingerprint density at radius 1 is 1.00 bits per heavy atom. The minimum atomic E-state index is -0.708. The second-order valence-corrected chi connectivity index (χ2v) is 7.62. The minimum Gasteiger partial charge on any atom is -0.368 e. The highest BCUT2D eigenvalue weighted by atomic mass is 16.2. The molecule has 3 amide bonds. The van der Waals surface area contributed by atoms with Gasteiger partial charge in [0.25, 0.3) is 0 Å². The summed E-state index contributed by atoms with van der Waals surface area (Å²) < 4.78 is 0. The third-order valence-corrected chi connectivity index (χ3v) is 4.49. The van der Waals surface area contributed by atoms with Gasteiger partial charge in [-0.2, -0.15) is 0 Å². The average Bonchev–Trinajstić information content (AvgIpc) is 2.53. The highest BCUT2D eigenvalue weighted by Crippen LogP contribution is 2.14. The molecule has 6 N–H and O–H groups in total. The molecular weight excluding hydrogens is 320 g/mol. The predicted octanol–water partition coefficient (Wildman–Crippen LogP) is 0.764. The van der Waals surface area contributed by atoms with E-state index >= 15 is 0 Å². The van der Waals surface area contributed by atoms with Crippen molar-refractivity contribution in [3.05, 3.63) is 0 Å². The van der Waals surface area contributed by atoms with E-state index in [4.69, 9.17) is 11.5 Å². The van der Waals surface area contributed by atoms with Gasteiger partial charge in [-0.05, 0) is 24.2 Å². The van der Waals surface area contributed by atoms with E-state index in [1.165, 1.54) is 0 Å². The first kappa shape index (κ1) is 23.4. The molecular formula is C18H36N4O3. The summed E-state index contributed by atoms with van der Waals surface area (Å²) in [6, 6.07) is -1.32. The molecule has 0 aromatic rings. The Balaban J connectivity index is 4.97. The van der Waals surface area contributed by atoms with E-state index < -0.39 is 23.9 Å². The van der Waals surface area contributed by atoms with E-state index in [-0.39, 0.29) is 36.1 Å². The first-order valence-corrected chi connectivity index (χ1v) is 9.14. The highest BCUT2D eigenvalue weighted by Gasteiger charge is 2.28. The molecule has 0 unspecified atom stereocenters. The van der Waals surface area contributed by atoms with Crippen molar-refractivity contribution in [1.29, 1.82) is 0 Å². The van der Waals surface area contributed by atoms with Crippen LogP contribution < -0.4 is 22.1 Å². The zero-order chi connectivity index (χ0) is 19.7. The Bertz CT molecular complexity index is 452. The van der Waals surface area contributed by atoms with Crippen LogP contribution >= 0.6 is 0 Å². The molecule has 0 fully saturated rings. The van der Waals surface area contributed by atoms with Crippen molar-refractivity contribution in [3.8, 4) is 0 Å². The molecule has 0 aliphatic carbocycles. The fourth-order valence-electron chi connectivity index (χ4n) is 2.50. The maximum atomic E-state index is 12.6. The normalized spacial score (nSPS) is 16.2. The molecule has 0 aliphatic rings. The van der Waals surface area contributed by atoms with Gasteiger partial charge in [0.15, 0.2) is 0 Å². The van der Waals surface area contributed by atoms with Crippen LogP contribution in [-0.2, 0) is 14.4 Å². The number of amides is 3. The van der Waals surface area contributed by atoms with Crippen LogP contribution in [0, 0.1) is 23.7 Å². The maximum Gasteiger partial charge on any atom is 0.240 e. The molecule has 146 valence electrons. The summed E-state index contributed by atoms with van der Waals surface area (Å²) in [6.45, 7) is 11.7. The lowest BCUT2D eigenvalue weighted by atomic mass is 9.93. The number of nitrogens with one attached hydrogen (secondary N) is 2. The Kier molecular flexibility index (Phi) is 10.4. The van der Waals surface area contributed by atoms with Crippen molar-refractivity contribution in [1.82, 2.24) is 10.6 Å². The zero-order valence-electron chi connectivity index (χ0n) is 16.5. The first-order chi connectivity index (χ1) is 11.5. The van der Waals surface area contributed by atoms with Gasteiger partial charge in [0, 0.05) is 6.54 Å².